The van der Waals surface area contributed by atoms with Gasteiger partial charge < -0.3 is 9.53 Å². The zero-order chi connectivity index (χ0) is 8.81. The van der Waals surface area contributed by atoms with Gasteiger partial charge in [0.15, 0.2) is 0 Å². The molecule has 0 N–H and O–H groups in total. The molecule has 0 radical (unpaired) electrons. The van der Waals surface area contributed by atoms with Gasteiger partial charge in [-0.2, -0.15) is 0 Å². The molecular weight excluding hydrogens is 176 g/mol. The summed E-state index contributed by atoms with van der Waals surface area (Å²) in [5.41, 5.74) is 0. The van der Waals surface area contributed by atoms with Crippen LogP contribution in [0.1, 0.15) is 19.3 Å². The minimum absolute atomic E-state index is 0.453. The summed E-state index contributed by atoms with van der Waals surface area (Å²) in [7, 11) is 0. The van der Waals surface area contributed by atoms with Gasteiger partial charge in [-0.05, 0) is 18.6 Å². The first-order valence-corrected chi connectivity index (χ1v) is 4.32. The standard InChI is InChI=1S/C9H11ClO2/c10-8-2-4-9(5-3-8)12-7-1-6-11/h2,4,6H,1,3,5,7H2. The lowest BCUT2D eigenvalue weighted by molar-refractivity contribution is -0.108. The Morgan fingerprint density at radius 3 is 2.92 bits per heavy atom. The number of hydrogen-bond acceptors (Lipinski definition) is 2. The molecule has 66 valence electrons. The molecule has 0 unspecified atom stereocenters. The molecule has 1 rings (SSSR count). The maximum absolute atomic E-state index is 9.97. The van der Waals surface area contributed by atoms with E-state index in [9.17, 15) is 4.79 Å². The van der Waals surface area contributed by atoms with Gasteiger partial charge in [0, 0.05) is 17.9 Å². The van der Waals surface area contributed by atoms with Crippen LogP contribution < -0.4 is 0 Å². The molecule has 0 aromatic rings. The average Bonchev–Trinajstić information content (AvgIpc) is 2.09. The van der Waals surface area contributed by atoms with E-state index in [1.807, 2.05) is 12.2 Å². The van der Waals surface area contributed by atoms with Gasteiger partial charge >= 0.3 is 0 Å². The van der Waals surface area contributed by atoms with Crippen molar-refractivity contribution >= 4 is 17.9 Å². The maximum atomic E-state index is 9.97. The predicted molar refractivity (Wildman–Crippen MR) is 47.9 cm³/mol. The molecule has 0 fully saturated rings. The molecule has 1 aliphatic rings. The largest absolute Gasteiger partial charge is 0.497 e. The SMILES string of the molecule is O=CCCOC1=CC=C(Cl)CC1. The maximum Gasteiger partial charge on any atom is 0.123 e. The molecule has 2 nitrogen and oxygen atoms in total. The average molecular weight is 187 g/mol. The molecule has 0 aliphatic heterocycles. The number of carbonyl (C=O) groups excluding carboxylic acids is 1. The van der Waals surface area contributed by atoms with Crippen molar-refractivity contribution in [1.82, 2.24) is 0 Å². The topological polar surface area (TPSA) is 26.3 Å². The summed E-state index contributed by atoms with van der Waals surface area (Å²) >= 11 is 5.75. The first-order chi connectivity index (χ1) is 5.83. The van der Waals surface area contributed by atoms with Crippen molar-refractivity contribution in [3.63, 3.8) is 0 Å². The number of halogens is 1. The molecule has 0 saturated heterocycles. The minimum atomic E-state index is 0.453. The highest BCUT2D eigenvalue weighted by Crippen LogP contribution is 2.21. The number of aldehydes is 1. The Morgan fingerprint density at radius 1 is 1.50 bits per heavy atom. The van der Waals surface area contributed by atoms with Crippen molar-refractivity contribution in [2.75, 3.05) is 6.61 Å². The Kier molecular flexibility index (Phi) is 3.88. The Hall–Kier alpha value is -0.760. The van der Waals surface area contributed by atoms with Gasteiger partial charge in [0.1, 0.15) is 6.29 Å². The fraction of sp³-hybridized carbons (Fsp3) is 0.444. The van der Waals surface area contributed by atoms with Gasteiger partial charge in [0.2, 0.25) is 0 Å². The Morgan fingerprint density at radius 2 is 2.33 bits per heavy atom. The van der Waals surface area contributed by atoms with E-state index in [4.69, 9.17) is 16.3 Å². The molecule has 0 amide bonds. The van der Waals surface area contributed by atoms with Crippen LogP contribution in [0.3, 0.4) is 0 Å². The van der Waals surface area contributed by atoms with Crippen LogP contribution in [0.25, 0.3) is 0 Å². The van der Waals surface area contributed by atoms with E-state index in [2.05, 4.69) is 0 Å². The third kappa shape index (κ3) is 3.09. The highest BCUT2D eigenvalue weighted by atomic mass is 35.5. The summed E-state index contributed by atoms with van der Waals surface area (Å²) in [5.74, 6) is 0.918. The number of rotatable bonds is 4. The summed E-state index contributed by atoms with van der Waals surface area (Å²) < 4.78 is 5.30. The molecule has 0 spiro atoms. The molecule has 1 aliphatic carbocycles. The van der Waals surface area contributed by atoms with Crippen molar-refractivity contribution in [3.05, 3.63) is 22.9 Å². The Bertz CT molecular complexity index is 219. The van der Waals surface area contributed by atoms with Crippen LogP contribution in [0.2, 0.25) is 0 Å². The normalized spacial score (nSPS) is 16.4. The Labute approximate surface area is 76.9 Å². The van der Waals surface area contributed by atoms with Crippen molar-refractivity contribution in [2.24, 2.45) is 0 Å². The first kappa shape index (κ1) is 9.33. The van der Waals surface area contributed by atoms with Crippen molar-refractivity contribution in [1.29, 1.82) is 0 Å². The highest BCUT2D eigenvalue weighted by molar-refractivity contribution is 6.29. The van der Waals surface area contributed by atoms with E-state index in [0.29, 0.717) is 13.0 Å². The van der Waals surface area contributed by atoms with Crippen LogP contribution in [0.15, 0.2) is 22.9 Å². The molecule has 0 atom stereocenters. The van der Waals surface area contributed by atoms with E-state index in [1.165, 1.54) is 0 Å². The lowest BCUT2D eigenvalue weighted by atomic mass is 10.1. The molecule has 0 saturated carbocycles. The number of carbonyl (C=O) groups is 1. The fourth-order valence-electron chi connectivity index (χ4n) is 0.951. The van der Waals surface area contributed by atoms with E-state index < -0.39 is 0 Å². The molecule has 0 aromatic heterocycles. The van der Waals surface area contributed by atoms with Gasteiger partial charge in [0.25, 0.3) is 0 Å². The summed E-state index contributed by atoms with van der Waals surface area (Å²) in [6.45, 7) is 0.473. The van der Waals surface area contributed by atoms with Crippen LogP contribution in [0.4, 0.5) is 0 Å². The summed E-state index contributed by atoms with van der Waals surface area (Å²) in [5, 5.41) is 0.859. The van der Waals surface area contributed by atoms with E-state index in [-0.39, 0.29) is 0 Å². The van der Waals surface area contributed by atoms with Crippen molar-refractivity contribution in [3.8, 4) is 0 Å². The van der Waals surface area contributed by atoms with Crippen LogP contribution in [0.5, 0.6) is 0 Å². The zero-order valence-corrected chi connectivity index (χ0v) is 7.51. The molecule has 0 bridgehead atoms. The van der Waals surface area contributed by atoms with Gasteiger partial charge in [0.05, 0.1) is 12.4 Å². The Balaban J connectivity index is 2.29. The smallest absolute Gasteiger partial charge is 0.123 e. The van der Waals surface area contributed by atoms with Gasteiger partial charge in [-0.3, -0.25) is 0 Å². The van der Waals surface area contributed by atoms with Crippen molar-refractivity contribution in [2.45, 2.75) is 19.3 Å². The van der Waals surface area contributed by atoms with Gasteiger partial charge in [-0.1, -0.05) is 11.6 Å². The number of ether oxygens (including phenoxy) is 1. The monoisotopic (exact) mass is 186 g/mol. The summed E-state index contributed by atoms with van der Waals surface area (Å²) in [6, 6.07) is 0. The van der Waals surface area contributed by atoms with E-state index in [0.717, 1.165) is 29.9 Å². The number of hydrogen-bond donors (Lipinski definition) is 0. The number of allylic oxidation sites excluding steroid dienone is 4. The fourth-order valence-corrected chi connectivity index (χ4v) is 1.11. The van der Waals surface area contributed by atoms with Crippen LogP contribution in [-0.4, -0.2) is 12.9 Å². The highest BCUT2D eigenvalue weighted by Gasteiger charge is 2.04. The second kappa shape index (κ2) is 4.99. The quantitative estimate of drug-likeness (QED) is 0.498. The van der Waals surface area contributed by atoms with E-state index in [1.54, 1.807) is 0 Å². The molecule has 0 heterocycles. The van der Waals surface area contributed by atoms with Crippen LogP contribution in [-0.2, 0) is 9.53 Å². The first-order valence-electron chi connectivity index (χ1n) is 3.94. The van der Waals surface area contributed by atoms with Crippen molar-refractivity contribution < 1.29 is 9.53 Å². The molecule has 3 heteroatoms. The van der Waals surface area contributed by atoms with Gasteiger partial charge in [-0.25, -0.2) is 0 Å². The zero-order valence-electron chi connectivity index (χ0n) is 6.75. The summed E-state index contributed by atoms with van der Waals surface area (Å²) in [6.07, 6.45) is 6.68. The molecular formula is C9H11ClO2. The summed E-state index contributed by atoms with van der Waals surface area (Å²) in [4.78, 5) is 9.97. The predicted octanol–water partition coefficient (Wildman–Crippen LogP) is 2.39. The lowest BCUT2D eigenvalue weighted by Gasteiger charge is -2.11. The minimum Gasteiger partial charge on any atom is -0.497 e. The third-order valence-electron chi connectivity index (χ3n) is 1.58. The van der Waals surface area contributed by atoms with E-state index >= 15 is 0 Å². The van der Waals surface area contributed by atoms with Crippen LogP contribution in [0, 0.1) is 0 Å². The molecule has 0 aromatic carbocycles. The van der Waals surface area contributed by atoms with Crippen LogP contribution >= 0.6 is 11.6 Å². The van der Waals surface area contributed by atoms with Gasteiger partial charge in [-0.15, -0.1) is 0 Å². The lowest BCUT2D eigenvalue weighted by Crippen LogP contribution is -1.98. The second-order valence-electron chi connectivity index (χ2n) is 2.55. The molecule has 12 heavy (non-hydrogen) atoms. The second-order valence-corrected chi connectivity index (χ2v) is 3.04. The third-order valence-corrected chi connectivity index (χ3v) is 1.90.